The number of nitrogens with one attached hydrogen (secondary N) is 1. The molecule has 1 aromatic rings. The van der Waals surface area contributed by atoms with Gasteiger partial charge in [0.25, 0.3) is 0 Å². The molecule has 1 aliphatic rings. The number of amides is 1. The number of carbonyl (C=O) groups is 1. The first-order chi connectivity index (χ1) is 10.5. The minimum absolute atomic E-state index is 0.0612. The summed E-state index contributed by atoms with van der Waals surface area (Å²) in [6.07, 6.45) is 0. The minimum atomic E-state index is -3.59. The summed E-state index contributed by atoms with van der Waals surface area (Å²) in [5.41, 5.74) is 0. The van der Waals surface area contributed by atoms with E-state index in [2.05, 4.69) is 4.72 Å². The normalized spacial score (nSPS) is 15.9. The Balaban J connectivity index is 1.89. The van der Waals surface area contributed by atoms with Gasteiger partial charge >= 0.3 is 0 Å². The molecule has 1 saturated heterocycles. The van der Waals surface area contributed by atoms with Crippen LogP contribution in [0.5, 0.6) is 5.75 Å². The molecule has 0 spiro atoms. The highest BCUT2D eigenvalue weighted by atomic mass is 32.2. The quantitative estimate of drug-likeness (QED) is 0.774. The summed E-state index contributed by atoms with van der Waals surface area (Å²) < 4.78 is 37.1. The second-order valence-electron chi connectivity index (χ2n) is 4.74. The topological polar surface area (TPSA) is 84.9 Å². The standard InChI is InChI=1S/C14H20N2O5S/c1-2-21-12-3-5-13(6-4-12)22(18,19)15-7-8-16-9-10-20-11-14(16)17/h3-6,15H,2,7-11H2,1H3. The van der Waals surface area contributed by atoms with Crippen LogP contribution in [0, 0.1) is 0 Å². The Morgan fingerprint density at radius 2 is 2.05 bits per heavy atom. The Morgan fingerprint density at radius 3 is 2.68 bits per heavy atom. The van der Waals surface area contributed by atoms with Crippen molar-refractivity contribution < 1.29 is 22.7 Å². The van der Waals surface area contributed by atoms with Gasteiger partial charge in [-0.05, 0) is 31.2 Å². The number of benzene rings is 1. The average Bonchev–Trinajstić information content (AvgIpc) is 2.50. The molecule has 8 heteroatoms. The van der Waals surface area contributed by atoms with Crippen LogP contribution in [0.2, 0.25) is 0 Å². The van der Waals surface area contributed by atoms with Gasteiger partial charge in [0.2, 0.25) is 15.9 Å². The number of hydrogen-bond donors (Lipinski definition) is 1. The number of rotatable bonds is 7. The van der Waals surface area contributed by atoms with Gasteiger partial charge in [-0.25, -0.2) is 13.1 Å². The molecular formula is C14H20N2O5S. The van der Waals surface area contributed by atoms with Crippen molar-refractivity contribution in [2.45, 2.75) is 11.8 Å². The highest BCUT2D eigenvalue weighted by Crippen LogP contribution is 2.15. The lowest BCUT2D eigenvalue weighted by atomic mass is 10.3. The Kier molecular flexibility index (Phi) is 5.76. The lowest BCUT2D eigenvalue weighted by Gasteiger charge is -2.26. The molecule has 0 radical (unpaired) electrons. The summed E-state index contributed by atoms with van der Waals surface area (Å²) in [6.45, 7) is 3.92. The molecule has 0 saturated carbocycles. The van der Waals surface area contributed by atoms with Crippen molar-refractivity contribution in [2.75, 3.05) is 39.5 Å². The van der Waals surface area contributed by atoms with Crippen molar-refractivity contribution in [1.82, 2.24) is 9.62 Å². The van der Waals surface area contributed by atoms with Crippen LogP contribution in [-0.2, 0) is 19.6 Å². The molecule has 0 atom stereocenters. The van der Waals surface area contributed by atoms with E-state index in [0.717, 1.165) is 0 Å². The minimum Gasteiger partial charge on any atom is -0.494 e. The van der Waals surface area contributed by atoms with E-state index in [1.807, 2.05) is 6.92 Å². The van der Waals surface area contributed by atoms with Crippen molar-refractivity contribution in [3.8, 4) is 5.75 Å². The van der Waals surface area contributed by atoms with Crippen molar-refractivity contribution in [2.24, 2.45) is 0 Å². The van der Waals surface area contributed by atoms with Crippen LogP contribution >= 0.6 is 0 Å². The predicted octanol–water partition coefficient (Wildman–Crippen LogP) is 0.222. The van der Waals surface area contributed by atoms with Gasteiger partial charge in [0.15, 0.2) is 0 Å². The number of sulfonamides is 1. The maximum Gasteiger partial charge on any atom is 0.248 e. The molecule has 1 amide bonds. The molecule has 2 rings (SSSR count). The van der Waals surface area contributed by atoms with Gasteiger partial charge in [-0.15, -0.1) is 0 Å². The first-order valence-electron chi connectivity index (χ1n) is 7.11. The van der Waals surface area contributed by atoms with E-state index < -0.39 is 10.0 Å². The molecule has 1 fully saturated rings. The summed E-state index contributed by atoms with van der Waals surface area (Å²) in [7, 11) is -3.59. The van der Waals surface area contributed by atoms with E-state index in [1.165, 1.54) is 12.1 Å². The molecule has 1 aliphatic heterocycles. The molecule has 1 heterocycles. The first kappa shape index (κ1) is 16.7. The summed E-state index contributed by atoms with van der Waals surface area (Å²) >= 11 is 0. The van der Waals surface area contributed by atoms with Crippen molar-refractivity contribution in [3.05, 3.63) is 24.3 Å². The van der Waals surface area contributed by atoms with Crippen molar-refractivity contribution in [1.29, 1.82) is 0 Å². The fourth-order valence-corrected chi connectivity index (χ4v) is 3.09. The van der Waals surface area contributed by atoms with Crippen LogP contribution < -0.4 is 9.46 Å². The average molecular weight is 328 g/mol. The summed E-state index contributed by atoms with van der Waals surface area (Å²) in [6, 6.07) is 6.22. The van der Waals surface area contributed by atoms with E-state index in [-0.39, 0.29) is 24.0 Å². The zero-order valence-corrected chi connectivity index (χ0v) is 13.3. The van der Waals surface area contributed by atoms with E-state index in [9.17, 15) is 13.2 Å². The third-order valence-corrected chi connectivity index (χ3v) is 4.68. The maximum absolute atomic E-state index is 12.1. The van der Waals surface area contributed by atoms with E-state index >= 15 is 0 Å². The maximum atomic E-state index is 12.1. The first-order valence-corrected chi connectivity index (χ1v) is 8.59. The van der Waals surface area contributed by atoms with Gasteiger partial charge in [-0.2, -0.15) is 0 Å². The Morgan fingerprint density at radius 1 is 1.32 bits per heavy atom. The van der Waals surface area contributed by atoms with Crippen LogP contribution in [-0.4, -0.2) is 58.7 Å². The second-order valence-corrected chi connectivity index (χ2v) is 6.50. The monoisotopic (exact) mass is 328 g/mol. The third kappa shape index (κ3) is 4.43. The van der Waals surface area contributed by atoms with E-state index in [4.69, 9.17) is 9.47 Å². The molecule has 0 unspecified atom stereocenters. The van der Waals surface area contributed by atoms with Gasteiger partial charge in [-0.1, -0.05) is 0 Å². The Hall–Kier alpha value is -1.64. The molecule has 0 aromatic heterocycles. The van der Waals surface area contributed by atoms with E-state index in [1.54, 1.807) is 17.0 Å². The fourth-order valence-electron chi connectivity index (χ4n) is 2.07. The SMILES string of the molecule is CCOc1ccc(S(=O)(=O)NCCN2CCOCC2=O)cc1. The van der Waals surface area contributed by atoms with Crippen molar-refractivity contribution >= 4 is 15.9 Å². The Bertz CT molecular complexity index is 600. The van der Waals surface area contributed by atoms with Gasteiger partial charge < -0.3 is 14.4 Å². The van der Waals surface area contributed by atoms with Crippen LogP contribution in [0.3, 0.4) is 0 Å². The lowest BCUT2D eigenvalue weighted by molar-refractivity contribution is -0.142. The Labute approximate surface area is 130 Å². The predicted molar refractivity (Wildman–Crippen MR) is 80.2 cm³/mol. The van der Waals surface area contributed by atoms with Crippen LogP contribution in [0.15, 0.2) is 29.2 Å². The van der Waals surface area contributed by atoms with Crippen LogP contribution in [0.4, 0.5) is 0 Å². The molecule has 7 nitrogen and oxygen atoms in total. The lowest BCUT2D eigenvalue weighted by Crippen LogP contribution is -2.45. The largest absolute Gasteiger partial charge is 0.494 e. The second kappa shape index (κ2) is 7.57. The molecule has 0 aliphatic carbocycles. The third-order valence-electron chi connectivity index (χ3n) is 3.20. The van der Waals surface area contributed by atoms with Gasteiger partial charge in [0.05, 0.1) is 18.1 Å². The number of ether oxygens (including phenoxy) is 2. The zero-order valence-electron chi connectivity index (χ0n) is 12.4. The summed E-state index contributed by atoms with van der Waals surface area (Å²) in [5, 5.41) is 0. The molecule has 0 bridgehead atoms. The number of carbonyl (C=O) groups excluding carboxylic acids is 1. The highest BCUT2D eigenvalue weighted by molar-refractivity contribution is 7.89. The van der Waals surface area contributed by atoms with Crippen LogP contribution in [0.25, 0.3) is 0 Å². The molecular weight excluding hydrogens is 308 g/mol. The number of morpholine rings is 1. The summed E-state index contributed by atoms with van der Waals surface area (Å²) in [4.78, 5) is 13.3. The fraction of sp³-hybridized carbons (Fsp3) is 0.500. The smallest absolute Gasteiger partial charge is 0.248 e. The molecule has 122 valence electrons. The van der Waals surface area contributed by atoms with E-state index in [0.29, 0.717) is 32.1 Å². The molecule has 22 heavy (non-hydrogen) atoms. The van der Waals surface area contributed by atoms with Crippen LogP contribution in [0.1, 0.15) is 6.92 Å². The van der Waals surface area contributed by atoms with Gasteiger partial charge in [0.1, 0.15) is 12.4 Å². The highest BCUT2D eigenvalue weighted by Gasteiger charge is 2.19. The molecule has 1 aromatic carbocycles. The molecule has 1 N–H and O–H groups in total. The van der Waals surface area contributed by atoms with Gasteiger partial charge in [-0.3, -0.25) is 4.79 Å². The summed E-state index contributed by atoms with van der Waals surface area (Å²) in [5.74, 6) is 0.506. The van der Waals surface area contributed by atoms with Crippen molar-refractivity contribution in [3.63, 3.8) is 0 Å². The number of hydrogen-bond acceptors (Lipinski definition) is 5. The number of nitrogens with zero attached hydrogens (tertiary/aromatic N) is 1. The zero-order chi connectivity index (χ0) is 16.0. The van der Waals surface area contributed by atoms with Gasteiger partial charge in [0, 0.05) is 19.6 Å².